The van der Waals surface area contributed by atoms with Gasteiger partial charge in [-0.25, -0.2) is 9.78 Å². The van der Waals surface area contributed by atoms with Crippen molar-refractivity contribution in [1.29, 1.82) is 0 Å². The molecule has 0 saturated heterocycles. The Labute approximate surface area is 155 Å². The van der Waals surface area contributed by atoms with Gasteiger partial charge in [-0.15, -0.1) is 0 Å². The summed E-state index contributed by atoms with van der Waals surface area (Å²) >= 11 is 1.49. The molecule has 0 aliphatic heterocycles. The molecule has 0 aliphatic rings. The van der Waals surface area contributed by atoms with Crippen LogP contribution in [-0.2, 0) is 6.54 Å². The lowest BCUT2D eigenvalue weighted by molar-refractivity contribution is 0.252. The summed E-state index contributed by atoms with van der Waals surface area (Å²) in [6.45, 7) is 4.59. The average Bonchev–Trinajstić information content (AvgIpc) is 3.06. The number of hydrogen-bond acceptors (Lipinski definition) is 3. The summed E-state index contributed by atoms with van der Waals surface area (Å²) in [6, 6.07) is 18.2. The normalized spacial score (nSPS) is 11.0. The fraction of sp³-hybridized carbons (Fsp3) is 0.143. The Bertz CT molecular complexity index is 1110. The van der Waals surface area contributed by atoms with E-state index in [1.807, 2.05) is 24.3 Å². The zero-order valence-corrected chi connectivity index (χ0v) is 15.5. The molecule has 0 fully saturated rings. The molecule has 3 aromatic carbocycles. The highest BCUT2D eigenvalue weighted by atomic mass is 32.1. The molecule has 0 radical (unpaired) electrons. The molecule has 0 saturated carbocycles. The Morgan fingerprint density at radius 1 is 1.04 bits per heavy atom. The number of thiazole rings is 1. The van der Waals surface area contributed by atoms with Gasteiger partial charge in [0.1, 0.15) is 0 Å². The number of amides is 2. The molecule has 5 heteroatoms. The number of nitrogens with one attached hydrogen (secondary N) is 2. The van der Waals surface area contributed by atoms with E-state index in [2.05, 4.69) is 59.8 Å². The van der Waals surface area contributed by atoms with Crippen molar-refractivity contribution in [3.8, 4) is 0 Å². The minimum absolute atomic E-state index is 0.244. The van der Waals surface area contributed by atoms with Gasteiger partial charge in [-0.1, -0.05) is 59.9 Å². The monoisotopic (exact) mass is 361 g/mol. The van der Waals surface area contributed by atoms with Crippen molar-refractivity contribution in [2.45, 2.75) is 20.4 Å². The number of benzene rings is 3. The molecule has 4 aromatic rings. The third kappa shape index (κ3) is 3.13. The van der Waals surface area contributed by atoms with Gasteiger partial charge in [0.05, 0.1) is 10.2 Å². The molecule has 0 bridgehead atoms. The first kappa shape index (κ1) is 16.5. The number of aryl methyl sites for hydroxylation is 2. The van der Waals surface area contributed by atoms with Crippen molar-refractivity contribution in [2.24, 2.45) is 0 Å². The van der Waals surface area contributed by atoms with Crippen LogP contribution in [0, 0.1) is 13.8 Å². The van der Waals surface area contributed by atoms with E-state index in [0.717, 1.165) is 26.7 Å². The van der Waals surface area contributed by atoms with Crippen LogP contribution in [0.3, 0.4) is 0 Å². The van der Waals surface area contributed by atoms with Crippen molar-refractivity contribution in [2.75, 3.05) is 5.32 Å². The average molecular weight is 361 g/mol. The maximum atomic E-state index is 12.3. The lowest BCUT2D eigenvalue weighted by Crippen LogP contribution is -2.28. The summed E-state index contributed by atoms with van der Waals surface area (Å²) in [5, 5.41) is 8.72. The van der Waals surface area contributed by atoms with Crippen LogP contribution in [0.25, 0.3) is 21.0 Å². The van der Waals surface area contributed by atoms with Gasteiger partial charge in [0, 0.05) is 6.54 Å². The first-order valence-corrected chi connectivity index (χ1v) is 9.32. The van der Waals surface area contributed by atoms with Gasteiger partial charge in [0.25, 0.3) is 0 Å². The molecular formula is C21H19N3OS. The highest BCUT2D eigenvalue weighted by Gasteiger charge is 2.10. The van der Waals surface area contributed by atoms with Gasteiger partial charge in [0.2, 0.25) is 0 Å². The van der Waals surface area contributed by atoms with Gasteiger partial charge in [-0.2, -0.15) is 0 Å². The third-order valence-electron chi connectivity index (χ3n) is 4.62. The number of urea groups is 1. The summed E-state index contributed by atoms with van der Waals surface area (Å²) in [6.07, 6.45) is 0. The largest absolute Gasteiger partial charge is 0.334 e. The molecule has 0 aliphatic carbocycles. The van der Waals surface area contributed by atoms with Gasteiger partial charge in [-0.3, -0.25) is 5.32 Å². The van der Waals surface area contributed by atoms with E-state index in [1.165, 1.54) is 22.3 Å². The van der Waals surface area contributed by atoms with E-state index < -0.39 is 0 Å². The molecule has 26 heavy (non-hydrogen) atoms. The predicted octanol–water partition coefficient (Wildman–Crippen LogP) is 5.39. The molecule has 1 heterocycles. The zero-order chi connectivity index (χ0) is 18.1. The van der Waals surface area contributed by atoms with E-state index in [9.17, 15) is 4.79 Å². The number of fused-ring (bicyclic) bond motifs is 2. The van der Waals surface area contributed by atoms with Gasteiger partial charge in [0.15, 0.2) is 5.13 Å². The molecule has 2 N–H and O–H groups in total. The second kappa shape index (κ2) is 6.77. The van der Waals surface area contributed by atoms with E-state index in [1.54, 1.807) is 0 Å². The fourth-order valence-corrected chi connectivity index (χ4v) is 3.96. The van der Waals surface area contributed by atoms with Crippen molar-refractivity contribution in [3.05, 3.63) is 71.3 Å². The minimum Gasteiger partial charge on any atom is -0.334 e. The topological polar surface area (TPSA) is 54.0 Å². The number of aromatic nitrogens is 1. The van der Waals surface area contributed by atoms with E-state index in [0.29, 0.717) is 11.7 Å². The Morgan fingerprint density at radius 3 is 2.73 bits per heavy atom. The van der Waals surface area contributed by atoms with Crippen LogP contribution in [0.2, 0.25) is 0 Å². The number of carbonyl (C=O) groups excluding carboxylic acids is 1. The number of rotatable bonds is 3. The second-order valence-electron chi connectivity index (χ2n) is 6.32. The highest BCUT2D eigenvalue weighted by Crippen LogP contribution is 2.29. The highest BCUT2D eigenvalue weighted by molar-refractivity contribution is 7.22. The third-order valence-corrected chi connectivity index (χ3v) is 5.56. The molecule has 0 atom stereocenters. The van der Waals surface area contributed by atoms with E-state index in [4.69, 9.17) is 0 Å². The molecule has 1 aromatic heterocycles. The predicted molar refractivity (Wildman–Crippen MR) is 109 cm³/mol. The Balaban J connectivity index is 1.48. The zero-order valence-electron chi connectivity index (χ0n) is 14.7. The van der Waals surface area contributed by atoms with Gasteiger partial charge in [-0.05, 0) is 47.4 Å². The summed E-state index contributed by atoms with van der Waals surface area (Å²) in [4.78, 5) is 16.9. The number of nitrogens with zero attached hydrogens (tertiary/aromatic N) is 1. The lowest BCUT2D eigenvalue weighted by atomic mass is 10.0. The lowest BCUT2D eigenvalue weighted by Gasteiger charge is -2.08. The van der Waals surface area contributed by atoms with Crippen LogP contribution in [0.15, 0.2) is 54.6 Å². The molecule has 130 valence electrons. The molecule has 2 amide bonds. The molecule has 0 unspecified atom stereocenters. The van der Waals surface area contributed by atoms with E-state index in [-0.39, 0.29) is 6.03 Å². The molecule has 4 rings (SSSR count). The maximum absolute atomic E-state index is 12.3. The standard InChI is InChI=1S/C21H19N3OS/c1-13-10-11-18-19(14(13)2)23-21(26-18)24-20(25)22-12-16-8-5-7-15-6-3-4-9-17(15)16/h3-11H,12H2,1-2H3,(H2,22,23,24,25). The van der Waals surface area contributed by atoms with Crippen LogP contribution < -0.4 is 10.6 Å². The minimum atomic E-state index is -0.244. The van der Waals surface area contributed by atoms with Crippen molar-refractivity contribution < 1.29 is 4.79 Å². The smallest absolute Gasteiger partial charge is 0.321 e. The SMILES string of the molecule is Cc1ccc2sc(NC(=O)NCc3cccc4ccccc34)nc2c1C. The van der Waals surface area contributed by atoms with Gasteiger partial charge >= 0.3 is 6.03 Å². The Kier molecular flexibility index (Phi) is 4.31. The Hall–Kier alpha value is -2.92. The summed E-state index contributed by atoms with van der Waals surface area (Å²) < 4.78 is 1.08. The first-order valence-electron chi connectivity index (χ1n) is 8.50. The summed E-state index contributed by atoms with van der Waals surface area (Å²) in [7, 11) is 0. The first-order chi connectivity index (χ1) is 12.6. The van der Waals surface area contributed by atoms with Crippen LogP contribution in [0.1, 0.15) is 16.7 Å². The number of anilines is 1. The molecule has 0 spiro atoms. The summed E-state index contributed by atoms with van der Waals surface area (Å²) in [5.41, 5.74) is 4.41. The Morgan fingerprint density at radius 2 is 1.85 bits per heavy atom. The van der Waals surface area contributed by atoms with Gasteiger partial charge < -0.3 is 5.32 Å². The molecular weight excluding hydrogens is 342 g/mol. The summed E-state index contributed by atoms with van der Waals surface area (Å²) in [5.74, 6) is 0. The van der Waals surface area contributed by atoms with Crippen LogP contribution in [0.4, 0.5) is 9.93 Å². The van der Waals surface area contributed by atoms with Crippen LogP contribution >= 0.6 is 11.3 Å². The second-order valence-corrected chi connectivity index (χ2v) is 7.35. The van der Waals surface area contributed by atoms with Crippen molar-refractivity contribution in [3.63, 3.8) is 0 Å². The van der Waals surface area contributed by atoms with E-state index >= 15 is 0 Å². The quantitative estimate of drug-likeness (QED) is 0.514. The van der Waals surface area contributed by atoms with Crippen molar-refractivity contribution >= 4 is 43.5 Å². The van der Waals surface area contributed by atoms with Crippen molar-refractivity contribution in [1.82, 2.24) is 10.3 Å². The van der Waals surface area contributed by atoms with Crippen LogP contribution in [-0.4, -0.2) is 11.0 Å². The maximum Gasteiger partial charge on any atom is 0.321 e. The molecule has 4 nitrogen and oxygen atoms in total. The number of carbonyl (C=O) groups is 1. The van der Waals surface area contributed by atoms with Crippen LogP contribution in [0.5, 0.6) is 0 Å². The number of hydrogen-bond donors (Lipinski definition) is 2. The fourth-order valence-electron chi connectivity index (χ4n) is 3.04.